The second-order valence-electron chi connectivity index (χ2n) is 36.3. The van der Waals surface area contributed by atoms with Crippen molar-refractivity contribution in [1.82, 2.24) is 0 Å². The van der Waals surface area contributed by atoms with Gasteiger partial charge in [0.1, 0.15) is 6.61 Å². The summed E-state index contributed by atoms with van der Waals surface area (Å²) in [6, 6.07) is 0. The fourth-order valence-electron chi connectivity index (χ4n) is 16.5. The van der Waals surface area contributed by atoms with Crippen LogP contribution in [0.1, 0.15) is 581 Å². The van der Waals surface area contributed by atoms with Gasteiger partial charge in [0, 0.05) is 38.5 Å². The molecule has 18 heteroatoms. The molecule has 0 aliphatic heterocycles. The molecule has 0 bridgehead atoms. The zero-order valence-electron chi connectivity index (χ0n) is 79.2. The molecule has 0 amide bonds. The third-order valence-corrected chi connectivity index (χ3v) is 24.6. The number of aliphatic hydroxyl groups excluding tert-OH is 1. The molecule has 0 saturated carbocycles. The summed E-state index contributed by atoms with van der Waals surface area (Å²) in [5, 5.41) is 80.3. The zero-order chi connectivity index (χ0) is 88.3. The molecule has 6 N–H and O–H groups in total. The third kappa shape index (κ3) is 61.1. The van der Waals surface area contributed by atoms with Crippen LogP contribution in [0.2, 0.25) is 0 Å². The predicted molar refractivity (Wildman–Crippen MR) is 490 cm³/mol. The van der Waals surface area contributed by atoms with Gasteiger partial charge in [0.2, 0.25) is 0 Å². The average Bonchev–Trinajstić information content (AvgIpc) is 0.692. The van der Waals surface area contributed by atoms with E-state index in [1.165, 1.54) is 212 Å². The molecule has 0 aromatic rings. The van der Waals surface area contributed by atoms with E-state index in [0.717, 1.165) is 180 Å². The normalized spacial score (nSPS) is 13.8. The number of carbonyl (C=O) groups excluding carboxylic acids is 6. The molecule has 0 aromatic carbocycles. The Morgan fingerprint density at radius 1 is 0.167 bits per heavy atom. The topological polar surface area (TPSA) is 279 Å². The smallest absolute Gasteiger partial charge is 0.423 e. The number of hydrogen-bond acceptors (Lipinski definition) is 18. The fraction of sp³-hybridized carbons (Fsp3) is 0.941. The molecule has 0 aliphatic carbocycles. The molecule has 120 heavy (non-hydrogen) atoms. The summed E-state index contributed by atoms with van der Waals surface area (Å²) >= 11 is 0. The lowest BCUT2D eigenvalue weighted by molar-refractivity contribution is -0.558. The molecule has 0 heterocycles. The van der Waals surface area contributed by atoms with E-state index in [0.29, 0.717) is 70.6 Å². The molecule has 0 spiro atoms. The van der Waals surface area contributed by atoms with E-state index < -0.39 is 110 Å². The van der Waals surface area contributed by atoms with Gasteiger partial charge >= 0.3 is 64.9 Å². The second-order valence-corrected chi connectivity index (χ2v) is 36.3. The molecule has 710 valence electrons. The number of hydrogen-bond donors (Lipinski definition) is 6. The predicted octanol–water partition coefficient (Wildman–Crippen LogP) is 28.5. The number of aliphatic hydroxyl groups is 6. The van der Waals surface area contributed by atoms with E-state index in [1.54, 1.807) is 0 Å². The minimum absolute atomic E-state index is 0.0474. The van der Waals surface area contributed by atoms with Crippen molar-refractivity contribution in [2.75, 3.05) is 6.61 Å². The van der Waals surface area contributed by atoms with Crippen molar-refractivity contribution in [2.24, 2.45) is 0 Å². The Kier molecular flexibility index (Phi) is 80.2. The molecule has 4 atom stereocenters. The lowest BCUT2D eigenvalue weighted by Crippen LogP contribution is -2.85. The summed E-state index contributed by atoms with van der Waals surface area (Å²) in [7, 11) is 0. The van der Waals surface area contributed by atoms with Gasteiger partial charge in [-0.25, -0.2) is 0 Å². The number of esters is 6. The molecule has 18 nitrogen and oxygen atoms in total. The maximum absolute atomic E-state index is 15.1. The van der Waals surface area contributed by atoms with E-state index in [2.05, 4.69) is 41.5 Å². The minimum Gasteiger partial charge on any atom is -0.423 e. The van der Waals surface area contributed by atoms with Crippen molar-refractivity contribution in [3.8, 4) is 0 Å². The maximum Gasteiger partial charge on any atom is 0.451 e. The zero-order valence-corrected chi connectivity index (χ0v) is 79.2. The molecule has 0 rings (SSSR count). The van der Waals surface area contributed by atoms with Gasteiger partial charge in [-0.3, -0.25) is 28.8 Å². The molecule has 0 aromatic heterocycles. The molecule has 0 unspecified atom stereocenters. The molecular weight excluding hydrogens is 1510 g/mol. The summed E-state index contributed by atoms with van der Waals surface area (Å²) in [6.07, 6.45) is 71.7. The highest BCUT2D eigenvalue weighted by molar-refractivity contribution is 5.75. The van der Waals surface area contributed by atoms with Gasteiger partial charge in [0.05, 0.1) is 0 Å². The summed E-state index contributed by atoms with van der Waals surface area (Å²) < 4.78 is 34.6. The van der Waals surface area contributed by atoms with Gasteiger partial charge in [0.25, 0.3) is 0 Å². The van der Waals surface area contributed by atoms with Crippen molar-refractivity contribution >= 4 is 35.8 Å². The first-order valence-corrected chi connectivity index (χ1v) is 51.8. The first-order valence-electron chi connectivity index (χ1n) is 51.8. The van der Waals surface area contributed by atoms with E-state index in [9.17, 15) is 49.8 Å². The van der Waals surface area contributed by atoms with E-state index in [4.69, 9.17) is 28.4 Å². The lowest BCUT2D eigenvalue weighted by atomic mass is 9.86. The van der Waals surface area contributed by atoms with Gasteiger partial charge in [-0.1, -0.05) is 504 Å². The van der Waals surface area contributed by atoms with E-state index >= 15 is 9.59 Å². The van der Waals surface area contributed by atoms with Crippen LogP contribution in [0.25, 0.3) is 0 Å². The Morgan fingerprint density at radius 2 is 0.292 bits per heavy atom. The van der Waals surface area contributed by atoms with Crippen LogP contribution in [0.5, 0.6) is 0 Å². The highest BCUT2D eigenvalue weighted by atomic mass is 16.9. The number of carbonyl (C=O) groups is 6. The monoisotopic (exact) mass is 1710 g/mol. The van der Waals surface area contributed by atoms with Crippen molar-refractivity contribution in [3.05, 3.63) is 0 Å². The van der Waals surface area contributed by atoms with Gasteiger partial charge in [-0.05, 0) is 38.5 Å². The number of unbranched alkanes of at least 4 members (excludes halogenated alkanes) is 72. The van der Waals surface area contributed by atoms with Crippen molar-refractivity contribution in [2.45, 2.75) is 610 Å². The van der Waals surface area contributed by atoms with Crippen LogP contribution in [-0.2, 0) is 57.2 Å². The standard InChI is InChI=1S/C102H194O18/c1-7-13-19-25-31-37-43-49-55-61-67-73-79-85-92(104)115-98(110,91-103)99(111,116-93(105)86-80-74-68-62-56-50-44-38-32-26-20-14-8-2)100(112,117-94(106)87-81-75-69-63-57-51-45-39-33-27-21-15-9-3)101(113,118-95(107)88-82-76-70-64-58-52-46-40-34-28-22-16-10-4)102(114,119-96(108)89-83-77-71-65-59-53-47-41-35-29-23-17-11-5)120-97(109)90-84-78-72-66-60-54-48-42-36-30-24-18-12-6/h103,110-114H,7-91H2,1-6H3/t98-,99+,100-,101+/m0/s1. The molecule has 0 radical (unpaired) electrons. The van der Waals surface area contributed by atoms with Crippen LogP contribution in [0.3, 0.4) is 0 Å². The van der Waals surface area contributed by atoms with Crippen LogP contribution in [0, 0.1) is 0 Å². The van der Waals surface area contributed by atoms with Crippen molar-refractivity contribution in [1.29, 1.82) is 0 Å². The van der Waals surface area contributed by atoms with Crippen LogP contribution >= 0.6 is 0 Å². The average molecular weight is 1710 g/mol. The summed E-state index contributed by atoms with van der Waals surface area (Å²) in [5.74, 6) is -32.0. The van der Waals surface area contributed by atoms with Gasteiger partial charge in [-0.15, -0.1) is 0 Å². The maximum atomic E-state index is 15.1. The van der Waals surface area contributed by atoms with Gasteiger partial charge < -0.3 is 59.1 Å². The second kappa shape index (κ2) is 82.5. The summed E-state index contributed by atoms with van der Waals surface area (Å²) in [5.41, 5.74) is 0. The first kappa shape index (κ1) is 117. The molecule has 0 fully saturated rings. The third-order valence-electron chi connectivity index (χ3n) is 24.6. The molecule has 0 aliphatic rings. The Labute approximate surface area is 736 Å². The highest BCUT2D eigenvalue weighted by Crippen LogP contribution is 2.50. The van der Waals surface area contributed by atoms with Crippen molar-refractivity contribution < 1.29 is 87.8 Å². The van der Waals surface area contributed by atoms with E-state index in [-0.39, 0.29) is 38.5 Å². The highest BCUT2D eigenvalue weighted by Gasteiger charge is 2.87. The number of rotatable bonds is 95. The van der Waals surface area contributed by atoms with Crippen LogP contribution in [0.15, 0.2) is 0 Å². The molecule has 0 saturated heterocycles. The van der Waals surface area contributed by atoms with Crippen LogP contribution in [-0.4, -0.2) is 102 Å². The quantitative estimate of drug-likeness (QED) is 0.0143. The first-order chi connectivity index (χ1) is 58.3. The fourth-order valence-corrected chi connectivity index (χ4v) is 16.5. The Hall–Kier alpha value is -3.42. The van der Waals surface area contributed by atoms with Gasteiger partial charge in [0.15, 0.2) is 0 Å². The lowest BCUT2D eigenvalue weighted by Gasteiger charge is -2.53. The Bertz CT molecular complexity index is 2290. The Morgan fingerprint density at radius 3 is 0.450 bits per heavy atom. The van der Waals surface area contributed by atoms with Gasteiger partial charge in [-0.2, -0.15) is 0 Å². The SMILES string of the molecule is CCCCCCCCCCCCCCCC(=O)OC(O)(OC(=O)CCCCCCCCCCCCCCC)[C@](O)(OC(=O)CCCCCCCCCCCCCCC)[C@@](O)(OC(=O)CCCCCCCCCCCCCCC)[C@](O)(OC(=O)CCCCCCCCCCCCCCC)[C@](O)(CO)OC(=O)CCCCCCCCCCCCCCC. The van der Waals surface area contributed by atoms with Crippen LogP contribution < -0.4 is 0 Å². The van der Waals surface area contributed by atoms with E-state index in [1.807, 2.05) is 0 Å². The molecular formula is C102H194O18. The van der Waals surface area contributed by atoms with Crippen molar-refractivity contribution in [3.63, 3.8) is 0 Å². The van der Waals surface area contributed by atoms with Crippen LogP contribution in [0.4, 0.5) is 0 Å². The number of ether oxygens (including phenoxy) is 6. The largest absolute Gasteiger partial charge is 0.451 e. The summed E-state index contributed by atoms with van der Waals surface area (Å²) in [6.45, 7) is 11.2. The minimum atomic E-state index is -4.97. The Balaban J connectivity index is 8.28. The summed E-state index contributed by atoms with van der Waals surface area (Å²) in [4.78, 5) is 88.9.